The Morgan fingerprint density at radius 2 is 2.00 bits per heavy atom. The normalized spacial score (nSPS) is 17.0. The van der Waals surface area contributed by atoms with Gasteiger partial charge in [-0.1, -0.05) is 6.92 Å². The summed E-state index contributed by atoms with van der Waals surface area (Å²) in [5, 5.41) is 3.61. The van der Waals surface area contributed by atoms with Crippen LogP contribution in [0.15, 0.2) is 30.6 Å². The van der Waals surface area contributed by atoms with Crippen LogP contribution in [0.3, 0.4) is 0 Å². The molecule has 88 valence electrons. The lowest BCUT2D eigenvalue weighted by Crippen LogP contribution is -2.20. The van der Waals surface area contributed by atoms with Crippen molar-refractivity contribution in [1.29, 1.82) is 0 Å². The van der Waals surface area contributed by atoms with Gasteiger partial charge >= 0.3 is 0 Å². The zero-order valence-electron chi connectivity index (χ0n) is 10.1. The number of aromatic nitrogens is 2. The lowest BCUT2D eigenvalue weighted by molar-refractivity contribution is 0.617. The maximum Gasteiger partial charge on any atom is 0.0907 e. The van der Waals surface area contributed by atoms with E-state index in [1.807, 2.05) is 6.07 Å². The fourth-order valence-electron chi connectivity index (χ4n) is 2.32. The Kier molecular flexibility index (Phi) is 2.67. The van der Waals surface area contributed by atoms with Crippen LogP contribution in [-0.2, 0) is 0 Å². The van der Waals surface area contributed by atoms with E-state index in [1.54, 1.807) is 12.4 Å². The molecule has 1 aromatic heterocycles. The number of nitrogens with zero attached hydrogens (tertiary/aromatic N) is 2. The summed E-state index contributed by atoms with van der Waals surface area (Å²) in [6.07, 6.45) is 7.40. The molecule has 0 spiro atoms. The van der Waals surface area contributed by atoms with Crippen molar-refractivity contribution in [3.63, 3.8) is 0 Å². The SMILES string of the molecule is CCC(Nc1ccc2nccnc2c1)C1CC1. The third-order valence-electron chi connectivity index (χ3n) is 3.45. The van der Waals surface area contributed by atoms with Crippen molar-refractivity contribution in [3.05, 3.63) is 30.6 Å². The molecule has 1 heterocycles. The fraction of sp³-hybridized carbons (Fsp3) is 0.429. The Morgan fingerprint density at radius 1 is 1.24 bits per heavy atom. The molecule has 1 aliphatic carbocycles. The largest absolute Gasteiger partial charge is 0.382 e. The maximum absolute atomic E-state index is 4.33. The van der Waals surface area contributed by atoms with Crippen molar-refractivity contribution in [2.24, 2.45) is 5.92 Å². The molecule has 1 atom stereocenters. The lowest BCUT2D eigenvalue weighted by atomic mass is 10.1. The van der Waals surface area contributed by atoms with Crippen LogP contribution in [0.1, 0.15) is 26.2 Å². The second kappa shape index (κ2) is 4.32. The van der Waals surface area contributed by atoms with Crippen LogP contribution in [-0.4, -0.2) is 16.0 Å². The van der Waals surface area contributed by atoms with Crippen molar-refractivity contribution in [3.8, 4) is 0 Å². The van der Waals surface area contributed by atoms with Gasteiger partial charge in [0.25, 0.3) is 0 Å². The molecule has 1 saturated carbocycles. The van der Waals surface area contributed by atoms with E-state index in [4.69, 9.17) is 0 Å². The molecule has 1 N–H and O–H groups in total. The van der Waals surface area contributed by atoms with E-state index in [1.165, 1.54) is 19.3 Å². The molecular weight excluding hydrogens is 210 g/mol. The summed E-state index contributed by atoms with van der Waals surface area (Å²) in [5.41, 5.74) is 3.08. The molecule has 3 nitrogen and oxygen atoms in total. The van der Waals surface area contributed by atoms with Gasteiger partial charge in [-0.2, -0.15) is 0 Å². The zero-order chi connectivity index (χ0) is 11.7. The molecule has 0 bridgehead atoms. The van der Waals surface area contributed by atoms with E-state index in [0.717, 1.165) is 22.6 Å². The van der Waals surface area contributed by atoms with Crippen LogP contribution in [0, 0.1) is 5.92 Å². The summed E-state index contributed by atoms with van der Waals surface area (Å²) in [6.45, 7) is 2.25. The predicted molar refractivity (Wildman–Crippen MR) is 70.0 cm³/mol. The van der Waals surface area contributed by atoms with Crippen LogP contribution >= 0.6 is 0 Å². The van der Waals surface area contributed by atoms with Crippen molar-refractivity contribution >= 4 is 16.7 Å². The highest BCUT2D eigenvalue weighted by molar-refractivity contribution is 5.78. The van der Waals surface area contributed by atoms with Gasteiger partial charge in [-0.25, -0.2) is 0 Å². The summed E-state index contributed by atoms with van der Waals surface area (Å²) < 4.78 is 0. The first-order valence-electron chi connectivity index (χ1n) is 6.34. The number of anilines is 1. The number of rotatable bonds is 4. The second-order valence-corrected chi connectivity index (χ2v) is 4.76. The van der Waals surface area contributed by atoms with Crippen LogP contribution in [0.4, 0.5) is 5.69 Å². The molecule has 1 aliphatic rings. The van der Waals surface area contributed by atoms with Gasteiger partial charge in [0.15, 0.2) is 0 Å². The fourth-order valence-corrected chi connectivity index (χ4v) is 2.32. The average molecular weight is 227 g/mol. The number of nitrogens with one attached hydrogen (secondary N) is 1. The number of fused-ring (bicyclic) bond motifs is 1. The molecule has 3 rings (SSSR count). The standard InChI is InChI=1S/C14H17N3/c1-2-12(10-3-4-10)17-11-5-6-13-14(9-11)16-8-7-15-13/h5-10,12,17H,2-4H2,1H3. The van der Waals surface area contributed by atoms with Crippen LogP contribution in [0.2, 0.25) is 0 Å². The third kappa shape index (κ3) is 2.23. The number of benzene rings is 1. The first-order valence-corrected chi connectivity index (χ1v) is 6.34. The molecule has 0 amide bonds. The highest BCUT2D eigenvalue weighted by Gasteiger charge is 2.29. The Bertz CT molecular complexity index is 520. The summed E-state index contributed by atoms with van der Waals surface area (Å²) in [7, 11) is 0. The molecular formula is C14H17N3. The zero-order valence-corrected chi connectivity index (χ0v) is 10.1. The van der Waals surface area contributed by atoms with E-state index in [0.29, 0.717) is 6.04 Å². The van der Waals surface area contributed by atoms with Crippen LogP contribution in [0.5, 0.6) is 0 Å². The highest BCUT2D eigenvalue weighted by Crippen LogP contribution is 2.35. The molecule has 17 heavy (non-hydrogen) atoms. The van der Waals surface area contributed by atoms with Crippen molar-refractivity contribution < 1.29 is 0 Å². The van der Waals surface area contributed by atoms with E-state index in [2.05, 4.69) is 34.3 Å². The third-order valence-corrected chi connectivity index (χ3v) is 3.45. The molecule has 0 radical (unpaired) electrons. The van der Waals surface area contributed by atoms with Gasteiger partial charge in [0.1, 0.15) is 0 Å². The summed E-state index contributed by atoms with van der Waals surface area (Å²) >= 11 is 0. The van der Waals surface area contributed by atoms with Gasteiger partial charge in [-0.05, 0) is 43.4 Å². The van der Waals surface area contributed by atoms with E-state index in [9.17, 15) is 0 Å². The number of hydrogen-bond donors (Lipinski definition) is 1. The van der Waals surface area contributed by atoms with Crippen LogP contribution in [0.25, 0.3) is 11.0 Å². The monoisotopic (exact) mass is 227 g/mol. The highest BCUT2D eigenvalue weighted by atomic mass is 14.9. The molecule has 1 unspecified atom stereocenters. The van der Waals surface area contributed by atoms with Gasteiger partial charge in [0.2, 0.25) is 0 Å². The Balaban J connectivity index is 1.84. The Morgan fingerprint density at radius 3 is 2.71 bits per heavy atom. The summed E-state index contributed by atoms with van der Waals surface area (Å²) in [6, 6.07) is 6.84. The topological polar surface area (TPSA) is 37.8 Å². The lowest BCUT2D eigenvalue weighted by Gasteiger charge is -2.17. The van der Waals surface area contributed by atoms with Gasteiger partial charge in [0.05, 0.1) is 11.0 Å². The Labute approximate surface area is 101 Å². The maximum atomic E-state index is 4.33. The molecule has 2 aromatic rings. The van der Waals surface area contributed by atoms with Gasteiger partial charge in [-0.15, -0.1) is 0 Å². The molecule has 0 aliphatic heterocycles. The van der Waals surface area contributed by atoms with E-state index < -0.39 is 0 Å². The Hall–Kier alpha value is -1.64. The predicted octanol–water partition coefficient (Wildman–Crippen LogP) is 3.23. The smallest absolute Gasteiger partial charge is 0.0907 e. The molecule has 1 aromatic carbocycles. The summed E-state index contributed by atoms with van der Waals surface area (Å²) in [5.74, 6) is 0.873. The first kappa shape index (κ1) is 10.5. The minimum Gasteiger partial charge on any atom is -0.382 e. The minimum absolute atomic E-state index is 0.615. The first-order chi connectivity index (χ1) is 8.36. The summed E-state index contributed by atoms with van der Waals surface area (Å²) in [4.78, 5) is 8.61. The minimum atomic E-state index is 0.615. The average Bonchev–Trinajstić information content (AvgIpc) is 3.20. The van der Waals surface area contributed by atoms with Crippen LogP contribution < -0.4 is 5.32 Å². The van der Waals surface area contributed by atoms with Gasteiger partial charge in [-0.3, -0.25) is 9.97 Å². The van der Waals surface area contributed by atoms with Crippen molar-refractivity contribution in [2.75, 3.05) is 5.32 Å². The number of hydrogen-bond acceptors (Lipinski definition) is 3. The van der Waals surface area contributed by atoms with Crippen molar-refractivity contribution in [2.45, 2.75) is 32.2 Å². The van der Waals surface area contributed by atoms with Crippen molar-refractivity contribution in [1.82, 2.24) is 9.97 Å². The van der Waals surface area contributed by atoms with E-state index >= 15 is 0 Å². The quantitative estimate of drug-likeness (QED) is 0.871. The molecule has 1 fully saturated rings. The molecule has 3 heteroatoms. The second-order valence-electron chi connectivity index (χ2n) is 4.76. The molecule has 0 saturated heterocycles. The van der Waals surface area contributed by atoms with E-state index in [-0.39, 0.29) is 0 Å². The van der Waals surface area contributed by atoms with Gasteiger partial charge in [0, 0.05) is 24.1 Å². The van der Waals surface area contributed by atoms with Gasteiger partial charge < -0.3 is 5.32 Å².